The summed E-state index contributed by atoms with van der Waals surface area (Å²) in [5, 5.41) is 14.8. The number of aromatic nitrogens is 2. The van der Waals surface area contributed by atoms with E-state index in [4.69, 9.17) is 16.7 Å². The van der Waals surface area contributed by atoms with E-state index in [0.29, 0.717) is 11.3 Å². The summed E-state index contributed by atoms with van der Waals surface area (Å²) in [5.41, 5.74) is 0.683. The van der Waals surface area contributed by atoms with Gasteiger partial charge in [0.25, 0.3) is 0 Å². The predicted molar refractivity (Wildman–Crippen MR) is 63.7 cm³/mol. The molecule has 0 amide bonds. The van der Waals surface area contributed by atoms with Crippen molar-refractivity contribution in [3.63, 3.8) is 0 Å². The zero-order valence-corrected chi connectivity index (χ0v) is 10.5. The number of hydrogen-bond donors (Lipinski definition) is 2. The van der Waals surface area contributed by atoms with E-state index in [2.05, 4.69) is 26.1 Å². The molecule has 17 heavy (non-hydrogen) atoms. The molecule has 1 aromatic carbocycles. The van der Waals surface area contributed by atoms with Gasteiger partial charge in [-0.15, -0.1) is 0 Å². The molecule has 0 atom stereocenters. The van der Waals surface area contributed by atoms with Gasteiger partial charge in [-0.1, -0.05) is 11.6 Å². The van der Waals surface area contributed by atoms with Crippen LogP contribution < -0.4 is 0 Å². The Kier molecular flexibility index (Phi) is 3.17. The molecular formula is C10H5BrClFN2O2. The highest BCUT2D eigenvalue weighted by molar-refractivity contribution is 9.10. The van der Waals surface area contributed by atoms with Crippen molar-refractivity contribution in [3.05, 3.63) is 39.2 Å². The van der Waals surface area contributed by atoms with Gasteiger partial charge in [0.2, 0.25) is 0 Å². The Balaban J connectivity index is 2.53. The summed E-state index contributed by atoms with van der Waals surface area (Å²) in [5.74, 6) is -1.74. The number of hydrogen-bond acceptors (Lipinski definition) is 2. The van der Waals surface area contributed by atoms with Gasteiger partial charge in [-0.2, -0.15) is 5.10 Å². The fraction of sp³-hybridized carbons (Fsp3) is 0. The number of halogens is 3. The van der Waals surface area contributed by atoms with Gasteiger partial charge >= 0.3 is 5.97 Å². The lowest BCUT2D eigenvalue weighted by atomic mass is 10.1. The first-order valence-electron chi connectivity index (χ1n) is 4.43. The van der Waals surface area contributed by atoms with Crippen LogP contribution in [0.5, 0.6) is 0 Å². The Bertz CT molecular complexity index is 600. The SMILES string of the molecule is O=C(O)c1cc(-c2ccc(Cl)c(F)c2Br)n[nH]1. The largest absolute Gasteiger partial charge is 0.477 e. The van der Waals surface area contributed by atoms with E-state index < -0.39 is 11.8 Å². The van der Waals surface area contributed by atoms with Gasteiger partial charge in [0.05, 0.1) is 15.2 Å². The molecule has 0 saturated heterocycles. The number of carbonyl (C=O) groups is 1. The quantitative estimate of drug-likeness (QED) is 0.834. The summed E-state index contributed by atoms with van der Waals surface area (Å²) in [4.78, 5) is 10.7. The monoisotopic (exact) mass is 318 g/mol. The second kappa shape index (κ2) is 4.46. The molecule has 2 rings (SSSR count). The first-order valence-corrected chi connectivity index (χ1v) is 5.60. The summed E-state index contributed by atoms with van der Waals surface area (Å²) in [7, 11) is 0. The van der Waals surface area contributed by atoms with Crippen LogP contribution in [-0.2, 0) is 0 Å². The standard InChI is InChI=1S/C10H5BrClFN2O2/c11-8-4(1-2-5(12)9(8)13)6-3-7(10(16)17)15-14-6/h1-3H,(H,14,15)(H,16,17). The summed E-state index contributed by atoms with van der Waals surface area (Å²) in [6.45, 7) is 0. The topological polar surface area (TPSA) is 66.0 Å². The smallest absolute Gasteiger partial charge is 0.353 e. The van der Waals surface area contributed by atoms with Gasteiger partial charge in [-0.25, -0.2) is 9.18 Å². The molecule has 0 saturated carbocycles. The number of aromatic carboxylic acids is 1. The highest BCUT2D eigenvalue weighted by Gasteiger charge is 2.15. The molecule has 0 spiro atoms. The van der Waals surface area contributed by atoms with E-state index in [9.17, 15) is 9.18 Å². The predicted octanol–water partition coefficient (Wildman–Crippen LogP) is 3.33. The molecule has 7 heteroatoms. The van der Waals surface area contributed by atoms with Gasteiger partial charge in [-0.3, -0.25) is 5.10 Å². The molecular weight excluding hydrogens is 314 g/mol. The fourth-order valence-corrected chi connectivity index (χ4v) is 2.11. The molecule has 0 radical (unpaired) electrons. The Morgan fingerprint density at radius 1 is 1.53 bits per heavy atom. The average molecular weight is 320 g/mol. The van der Waals surface area contributed by atoms with Crippen molar-refractivity contribution in [2.45, 2.75) is 0 Å². The van der Waals surface area contributed by atoms with Crippen LogP contribution in [0.1, 0.15) is 10.5 Å². The zero-order chi connectivity index (χ0) is 12.6. The lowest BCUT2D eigenvalue weighted by Crippen LogP contribution is -1.95. The summed E-state index contributed by atoms with van der Waals surface area (Å²) in [6.07, 6.45) is 0. The number of nitrogens with zero attached hydrogens (tertiary/aromatic N) is 1. The Labute approximate surface area is 109 Å². The maximum absolute atomic E-state index is 13.5. The molecule has 0 unspecified atom stereocenters. The van der Waals surface area contributed by atoms with Crippen molar-refractivity contribution in [2.24, 2.45) is 0 Å². The number of nitrogens with one attached hydrogen (secondary N) is 1. The third-order valence-corrected chi connectivity index (χ3v) is 3.19. The summed E-state index contributed by atoms with van der Waals surface area (Å²) < 4.78 is 13.7. The Morgan fingerprint density at radius 2 is 2.24 bits per heavy atom. The van der Waals surface area contributed by atoms with Crippen LogP contribution in [-0.4, -0.2) is 21.3 Å². The van der Waals surface area contributed by atoms with Crippen molar-refractivity contribution >= 4 is 33.5 Å². The van der Waals surface area contributed by atoms with Crippen molar-refractivity contribution in [1.82, 2.24) is 10.2 Å². The van der Waals surface area contributed by atoms with Crippen molar-refractivity contribution in [2.75, 3.05) is 0 Å². The molecule has 2 N–H and O–H groups in total. The Hall–Kier alpha value is -1.40. The minimum Gasteiger partial charge on any atom is -0.477 e. The van der Waals surface area contributed by atoms with E-state index in [1.807, 2.05) is 0 Å². The van der Waals surface area contributed by atoms with Gasteiger partial charge in [0, 0.05) is 5.56 Å². The number of rotatable bonds is 2. The average Bonchev–Trinajstić information content (AvgIpc) is 2.75. The molecule has 1 heterocycles. The molecule has 2 aromatic rings. The van der Waals surface area contributed by atoms with Crippen LogP contribution in [0.15, 0.2) is 22.7 Å². The normalized spacial score (nSPS) is 10.5. The number of aromatic amines is 1. The summed E-state index contributed by atoms with van der Waals surface area (Å²) >= 11 is 8.65. The van der Waals surface area contributed by atoms with Crippen LogP contribution in [0.2, 0.25) is 5.02 Å². The number of carboxylic acids is 1. The van der Waals surface area contributed by atoms with Crippen LogP contribution >= 0.6 is 27.5 Å². The number of benzene rings is 1. The van der Waals surface area contributed by atoms with Gasteiger partial charge < -0.3 is 5.11 Å². The molecule has 0 fully saturated rings. The van der Waals surface area contributed by atoms with Crippen LogP contribution in [0.4, 0.5) is 4.39 Å². The van der Waals surface area contributed by atoms with E-state index >= 15 is 0 Å². The summed E-state index contributed by atoms with van der Waals surface area (Å²) in [6, 6.07) is 4.25. The third kappa shape index (κ3) is 2.18. The fourth-order valence-electron chi connectivity index (χ4n) is 1.29. The lowest BCUT2D eigenvalue weighted by molar-refractivity contribution is 0.0690. The second-order valence-corrected chi connectivity index (χ2v) is 4.40. The lowest BCUT2D eigenvalue weighted by Gasteiger charge is -2.03. The van der Waals surface area contributed by atoms with E-state index in [0.717, 1.165) is 0 Å². The van der Waals surface area contributed by atoms with Gasteiger partial charge in [0.15, 0.2) is 5.82 Å². The van der Waals surface area contributed by atoms with Crippen molar-refractivity contribution in [1.29, 1.82) is 0 Å². The zero-order valence-electron chi connectivity index (χ0n) is 8.17. The third-order valence-electron chi connectivity index (χ3n) is 2.12. The van der Waals surface area contributed by atoms with Gasteiger partial charge in [0.1, 0.15) is 5.69 Å². The van der Waals surface area contributed by atoms with Crippen LogP contribution in [0.3, 0.4) is 0 Å². The first-order chi connectivity index (χ1) is 8.00. The number of carboxylic acid groups (broad SMARTS) is 1. The maximum Gasteiger partial charge on any atom is 0.353 e. The van der Waals surface area contributed by atoms with Gasteiger partial charge in [-0.05, 0) is 34.1 Å². The molecule has 0 aliphatic rings. The van der Waals surface area contributed by atoms with Crippen molar-refractivity contribution in [3.8, 4) is 11.3 Å². The Morgan fingerprint density at radius 3 is 2.82 bits per heavy atom. The number of H-pyrrole nitrogens is 1. The maximum atomic E-state index is 13.5. The van der Waals surface area contributed by atoms with Crippen molar-refractivity contribution < 1.29 is 14.3 Å². The van der Waals surface area contributed by atoms with E-state index in [-0.39, 0.29) is 15.2 Å². The molecule has 0 bridgehead atoms. The molecule has 88 valence electrons. The minimum atomic E-state index is -1.13. The molecule has 0 aliphatic carbocycles. The first kappa shape index (κ1) is 12.1. The minimum absolute atomic E-state index is 0.0189. The molecule has 4 nitrogen and oxygen atoms in total. The van der Waals surface area contributed by atoms with E-state index in [1.54, 1.807) is 6.07 Å². The molecule has 0 aliphatic heterocycles. The molecule has 1 aromatic heterocycles. The van der Waals surface area contributed by atoms with Crippen LogP contribution in [0.25, 0.3) is 11.3 Å². The second-order valence-electron chi connectivity index (χ2n) is 3.19. The van der Waals surface area contributed by atoms with Crippen LogP contribution in [0, 0.1) is 5.82 Å². The highest BCUT2D eigenvalue weighted by atomic mass is 79.9. The van der Waals surface area contributed by atoms with E-state index in [1.165, 1.54) is 12.1 Å². The highest BCUT2D eigenvalue weighted by Crippen LogP contribution is 2.33.